The molecule has 4 heteroatoms. The van der Waals surface area contributed by atoms with Crippen molar-refractivity contribution in [3.8, 4) is 0 Å². The first kappa shape index (κ1) is 8.07. The van der Waals surface area contributed by atoms with Gasteiger partial charge in [0.2, 0.25) is 0 Å². The van der Waals surface area contributed by atoms with Gasteiger partial charge >= 0.3 is 6.03 Å². The molecule has 0 aromatic carbocycles. The fourth-order valence-electron chi connectivity index (χ4n) is 0.474. The first-order valence-corrected chi connectivity index (χ1v) is 4.15. The monoisotopic (exact) mass is 170 g/mol. The van der Waals surface area contributed by atoms with Crippen LogP contribution in [-0.4, -0.2) is 6.03 Å². The molecule has 2 amide bonds. The summed E-state index contributed by atoms with van der Waals surface area (Å²) >= 11 is 1.80. The molecule has 2 heterocycles. The smallest absolute Gasteiger partial charge is 0.246 e. The Morgan fingerprint density at radius 3 is 2.00 bits per heavy atom. The number of nitrogens with one attached hydrogen (secondary N) is 2. The van der Waals surface area contributed by atoms with E-state index < -0.39 is 0 Å². The van der Waals surface area contributed by atoms with Crippen LogP contribution in [0, 0.1) is 13.8 Å². The number of rotatable bonds is 0. The second-order valence-corrected chi connectivity index (χ2v) is 3.36. The largest absolute Gasteiger partial charge is 0.352 e. The van der Waals surface area contributed by atoms with E-state index in [1.165, 1.54) is 10.4 Å². The highest BCUT2D eigenvalue weighted by molar-refractivity contribution is 7.10. The van der Waals surface area contributed by atoms with Gasteiger partial charge in [-0.2, -0.15) is 0 Å². The Hall–Kier alpha value is -1.03. The van der Waals surface area contributed by atoms with Crippen molar-refractivity contribution in [2.24, 2.45) is 0 Å². The Labute approximate surface area is 69.4 Å². The highest BCUT2D eigenvalue weighted by Crippen LogP contribution is 2.12. The highest BCUT2D eigenvalue weighted by atomic mass is 32.1. The van der Waals surface area contributed by atoms with Crippen molar-refractivity contribution in [1.82, 2.24) is 10.9 Å². The van der Waals surface area contributed by atoms with Crippen LogP contribution in [0.4, 0.5) is 4.79 Å². The molecule has 1 aromatic rings. The molecule has 0 bridgehead atoms. The molecule has 0 radical (unpaired) electrons. The molecule has 0 atom stereocenters. The molecule has 1 aliphatic heterocycles. The van der Waals surface area contributed by atoms with Gasteiger partial charge in [0.1, 0.15) is 0 Å². The van der Waals surface area contributed by atoms with E-state index in [0.717, 1.165) is 0 Å². The Bertz CT molecular complexity index is 234. The molecule has 1 fully saturated rings. The van der Waals surface area contributed by atoms with Crippen molar-refractivity contribution >= 4 is 17.4 Å². The normalized spacial score (nSPS) is 12.4. The van der Waals surface area contributed by atoms with Crippen molar-refractivity contribution in [2.75, 3.05) is 0 Å². The number of hydrogen-bond donors (Lipinski definition) is 2. The number of amides is 2. The van der Waals surface area contributed by atoms with Crippen molar-refractivity contribution in [3.05, 3.63) is 21.9 Å². The SMILES string of the molecule is Cc1ccsc1C.O=C1NN1. The molecular formula is C7H10N2OS. The lowest BCUT2D eigenvalue weighted by molar-refractivity contribution is 0.266. The van der Waals surface area contributed by atoms with Crippen LogP contribution in [0.5, 0.6) is 0 Å². The average molecular weight is 170 g/mol. The van der Waals surface area contributed by atoms with Crippen molar-refractivity contribution in [3.63, 3.8) is 0 Å². The lowest BCUT2D eigenvalue weighted by Gasteiger charge is -1.79. The summed E-state index contributed by atoms with van der Waals surface area (Å²) in [7, 11) is 0. The van der Waals surface area contributed by atoms with Gasteiger partial charge in [0.15, 0.2) is 0 Å². The topological polar surface area (TPSA) is 61.0 Å². The number of hydrazine groups is 1. The number of hydrogen-bond acceptors (Lipinski definition) is 2. The Balaban J connectivity index is 0.000000128. The maximum absolute atomic E-state index is 9.33. The van der Waals surface area contributed by atoms with Crippen LogP contribution < -0.4 is 10.9 Å². The number of aryl methyl sites for hydroxylation is 2. The standard InChI is InChI=1S/C6H8S.CH2N2O/c1-5-3-4-7-6(5)2;4-1-2-3-1/h3-4H,1-2H3;(H2,2,3,4). The van der Waals surface area contributed by atoms with E-state index in [2.05, 4.69) is 36.1 Å². The van der Waals surface area contributed by atoms with E-state index in [9.17, 15) is 4.79 Å². The Morgan fingerprint density at radius 2 is 1.91 bits per heavy atom. The quantitative estimate of drug-likeness (QED) is 0.570. The molecule has 0 spiro atoms. The zero-order valence-corrected chi connectivity index (χ0v) is 7.29. The molecule has 11 heavy (non-hydrogen) atoms. The fraction of sp³-hybridized carbons (Fsp3) is 0.286. The van der Waals surface area contributed by atoms with Crippen LogP contribution in [0.15, 0.2) is 11.4 Å². The second kappa shape index (κ2) is 3.39. The molecule has 2 N–H and O–H groups in total. The van der Waals surface area contributed by atoms with E-state index in [1.54, 1.807) is 11.3 Å². The Morgan fingerprint density at radius 1 is 1.36 bits per heavy atom. The third-order valence-electron chi connectivity index (χ3n) is 1.35. The average Bonchev–Trinajstić information content (AvgIpc) is 2.65. The van der Waals surface area contributed by atoms with Crippen LogP contribution in [0.3, 0.4) is 0 Å². The minimum absolute atomic E-state index is 0.0833. The molecule has 0 unspecified atom stereocenters. The first-order valence-electron chi connectivity index (χ1n) is 3.27. The highest BCUT2D eigenvalue weighted by Gasteiger charge is 2.08. The zero-order valence-electron chi connectivity index (χ0n) is 6.47. The lowest BCUT2D eigenvalue weighted by atomic mass is 10.3. The summed E-state index contributed by atoms with van der Waals surface area (Å²) in [5.74, 6) is 0. The van der Waals surface area contributed by atoms with Gasteiger partial charge in [0.05, 0.1) is 0 Å². The van der Waals surface area contributed by atoms with Crippen molar-refractivity contribution < 1.29 is 4.79 Å². The van der Waals surface area contributed by atoms with Crippen LogP contribution in [0.2, 0.25) is 0 Å². The van der Waals surface area contributed by atoms with Gasteiger partial charge < -0.3 is 0 Å². The van der Waals surface area contributed by atoms with E-state index in [4.69, 9.17) is 0 Å². The van der Waals surface area contributed by atoms with Gasteiger partial charge in [-0.1, -0.05) is 0 Å². The summed E-state index contributed by atoms with van der Waals surface area (Å²) in [5.41, 5.74) is 5.82. The molecule has 2 rings (SSSR count). The van der Waals surface area contributed by atoms with Gasteiger partial charge in [0, 0.05) is 4.88 Å². The fourth-order valence-corrected chi connectivity index (χ4v) is 1.20. The zero-order chi connectivity index (χ0) is 8.27. The molecule has 0 saturated carbocycles. The van der Waals surface area contributed by atoms with Gasteiger partial charge in [-0.15, -0.1) is 11.3 Å². The van der Waals surface area contributed by atoms with E-state index in [-0.39, 0.29) is 6.03 Å². The number of thiophene rings is 1. The summed E-state index contributed by atoms with van der Waals surface area (Å²) in [6, 6.07) is 2.06. The molecule has 3 nitrogen and oxygen atoms in total. The predicted molar refractivity (Wildman–Crippen MR) is 45.5 cm³/mol. The van der Waals surface area contributed by atoms with Crippen molar-refractivity contribution in [2.45, 2.75) is 13.8 Å². The minimum atomic E-state index is -0.0833. The van der Waals surface area contributed by atoms with Crippen LogP contribution in [0.1, 0.15) is 10.4 Å². The van der Waals surface area contributed by atoms with Gasteiger partial charge in [-0.25, -0.2) is 15.6 Å². The molecule has 1 aromatic heterocycles. The van der Waals surface area contributed by atoms with E-state index in [0.29, 0.717) is 0 Å². The van der Waals surface area contributed by atoms with Crippen LogP contribution in [-0.2, 0) is 0 Å². The van der Waals surface area contributed by atoms with Crippen molar-refractivity contribution in [1.29, 1.82) is 0 Å². The van der Waals surface area contributed by atoms with Gasteiger partial charge in [-0.05, 0) is 30.9 Å². The molecule has 0 aliphatic carbocycles. The summed E-state index contributed by atoms with van der Waals surface area (Å²) in [6.07, 6.45) is 0. The number of carbonyl (C=O) groups is 1. The van der Waals surface area contributed by atoms with E-state index >= 15 is 0 Å². The molecule has 1 saturated heterocycles. The molecule has 60 valence electrons. The third kappa shape index (κ3) is 3.04. The number of urea groups is 1. The summed E-state index contributed by atoms with van der Waals surface area (Å²) in [5, 5.41) is 2.12. The number of carbonyl (C=O) groups excluding carboxylic acids is 1. The predicted octanol–water partition coefficient (Wildman–Crippen LogP) is 1.58. The first-order chi connectivity index (χ1) is 5.20. The third-order valence-corrected chi connectivity index (χ3v) is 2.29. The summed E-state index contributed by atoms with van der Waals surface area (Å²) in [4.78, 5) is 10.8. The van der Waals surface area contributed by atoms with Gasteiger partial charge in [-0.3, -0.25) is 0 Å². The minimum Gasteiger partial charge on any atom is -0.246 e. The maximum Gasteiger partial charge on any atom is 0.352 e. The molecule has 1 aliphatic rings. The van der Waals surface area contributed by atoms with Crippen LogP contribution in [0.25, 0.3) is 0 Å². The lowest BCUT2D eigenvalue weighted by Crippen LogP contribution is -1.71. The summed E-state index contributed by atoms with van der Waals surface area (Å²) < 4.78 is 0. The molecular weight excluding hydrogens is 160 g/mol. The summed E-state index contributed by atoms with van der Waals surface area (Å²) in [6.45, 7) is 4.27. The van der Waals surface area contributed by atoms with Crippen LogP contribution >= 0.6 is 11.3 Å². The van der Waals surface area contributed by atoms with E-state index in [1.807, 2.05) is 0 Å². The second-order valence-electron chi connectivity index (χ2n) is 2.24. The maximum atomic E-state index is 9.33. The Kier molecular flexibility index (Phi) is 2.48. The van der Waals surface area contributed by atoms with Gasteiger partial charge in [0.25, 0.3) is 0 Å².